The average molecular weight is 1710 g/mol. The number of nitrogens with one attached hydrogen (secondary N) is 2. The Morgan fingerprint density at radius 2 is 0.598 bits per heavy atom. The second kappa shape index (κ2) is 137. The van der Waals surface area contributed by atoms with Gasteiger partial charge in [0.2, 0.25) is 20.0 Å². The summed E-state index contributed by atoms with van der Waals surface area (Å²) in [5, 5.41) is 22.0. The van der Waals surface area contributed by atoms with Crippen LogP contribution < -0.4 is 10.6 Å². The van der Waals surface area contributed by atoms with Crippen LogP contribution in [0.15, 0.2) is 96.1 Å². The Morgan fingerprint density at radius 3 is 0.761 bits per heavy atom. The molecule has 2 fully saturated rings. The molecule has 4 aliphatic heterocycles. The van der Waals surface area contributed by atoms with Crippen molar-refractivity contribution < 1.29 is 46.2 Å². The van der Waals surface area contributed by atoms with E-state index in [-0.39, 0.29) is 18.8 Å². The molecular formula is C99H210N6O10S2. The second-order valence-electron chi connectivity index (χ2n) is 20.8. The van der Waals surface area contributed by atoms with Crippen molar-refractivity contribution in [3.63, 3.8) is 0 Å². The Bertz CT molecular complexity index is 2350. The van der Waals surface area contributed by atoms with Gasteiger partial charge in [0.1, 0.15) is 0 Å². The summed E-state index contributed by atoms with van der Waals surface area (Å²) in [4.78, 5) is 33.4. The molecule has 0 saturated carbocycles. The largest absolute Gasteiger partial charge is 0.481 e. The molecule has 117 heavy (non-hydrogen) atoms. The van der Waals surface area contributed by atoms with E-state index in [0.717, 1.165) is 39.0 Å². The van der Waals surface area contributed by atoms with Crippen molar-refractivity contribution in [1.29, 1.82) is 0 Å². The number of aliphatic carboxylic acids is 2. The maximum atomic E-state index is 11.1. The van der Waals surface area contributed by atoms with E-state index in [1.54, 1.807) is 64.0 Å². The second-order valence-corrected chi connectivity index (χ2v) is 24.8. The number of carbonyl (C=O) groups is 3. The summed E-state index contributed by atoms with van der Waals surface area (Å²) in [7, 11) is -4.54. The zero-order chi connectivity index (χ0) is 95.9. The summed E-state index contributed by atoms with van der Waals surface area (Å²) in [6, 6.07) is 26.2. The van der Waals surface area contributed by atoms with Crippen LogP contribution in [0.25, 0.3) is 0 Å². The first-order valence-corrected chi connectivity index (χ1v) is 51.2. The highest BCUT2D eigenvalue weighted by atomic mass is 32.2. The number of sulfonamides is 2. The van der Waals surface area contributed by atoms with E-state index in [9.17, 15) is 31.2 Å². The van der Waals surface area contributed by atoms with Crippen LogP contribution in [0, 0.1) is 0 Å². The molecule has 0 bridgehead atoms. The number of carbonyl (C=O) groups excluding carboxylic acids is 1. The van der Waals surface area contributed by atoms with E-state index >= 15 is 0 Å². The van der Waals surface area contributed by atoms with Gasteiger partial charge < -0.3 is 35.4 Å². The number of fused-ring (bicyclic) bond motifs is 3. The molecule has 0 radical (unpaired) electrons. The number of hydrogen-bond acceptors (Lipinski definition) is 12. The van der Waals surface area contributed by atoms with Gasteiger partial charge in [-0.2, -0.15) is 8.61 Å². The summed E-state index contributed by atoms with van der Waals surface area (Å²) < 4.78 is 51.6. The molecule has 4 N–H and O–H groups in total. The predicted molar refractivity (Wildman–Crippen MR) is 535 cm³/mol. The number of piperazine rings is 2. The monoisotopic (exact) mass is 1710 g/mol. The maximum absolute atomic E-state index is 11.1. The minimum Gasteiger partial charge on any atom is -0.481 e. The van der Waals surface area contributed by atoms with Gasteiger partial charge in [-0.15, -0.1) is 0 Å². The number of ether oxygens (including phenoxy) is 1. The number of aryl methyl sites for hydroxylation is 6. The molecule has 4 heterocycles. The van der Waals surface area contributed by atoms with Gasteiger partial charge in [0.25, 0.3) is 0 Å². The lowest BCUT2D eigenvalue weighted by molar-refractivity contribution is -0.140. The zero-order valence-corrected chi connectivity index (χ0v) is 88.2. The van der Waals surface area contributed by atoms with Gasteiger partial charge in [-0.05, 0) is 136 Å². The summed E-state index contributed by atoms with van der Waals surface area (Å²) in [6.45, 7) is 95.1. The zero-order valence-electron chi connectivity index (χ0n) is 86.6. The first-order valence-electron chi connectivity index (χ1n) is 47.5. The third kappa shape index (κ3) is 109. The molecule has 0 unspecified atom stereocenters. The lowest BCUT2D eigenvalue weighted by atomic mass is 10.1. The van der Waals surface area contributed by atoms with Crippen LogP contribution in [0.1, 0.15) is 381 Å². The molecule has 0 spiro atoms. The molecule has 3 aliphatic carbocycles. The standard InChI is InChI=1S/3C9H10.C8H15NO2S.C7H16N2O2S.C7H13N.C6H14N2.C4H8O2.2C3H6O2.17C2H6/c3*1-2-5-9-7-3-6-8(9)4-1;2*1-3-8-4-6-9(7-5-8)12(2,10)11;1-2-7-3-5-8-6-4-7;1-2-8-5-3-7-4-6-8;1-3-4(5)6-2;2*1-2-3(4)5;17*1-2/h3*1-2,4-5H,3,6-7H2;4H,3,5-7H2,1-2H3;3-7H2,1-2H3;3,8H,2,4-6H2,1H3;7H,2-6H2,1H3;3H2,1-2H3;2*2H2,1H3,(H,4,5);17*1-2H3. The number of methoxy groups -OCH3 is 1. The van der Waals surface area contributed by atoms with Gasteiger partial charge in [-0.25, -0.2) is 16.8 Å². The first-order chi connectivity index (χ1) is 56.7. The Labute approximate surface area is 736 Å². The molecule has 3 aromatic carbocycles. The summed E-state index contributed by atoms with van der Waals surface area (Å²) in [5.41, 5.74) is 12.4. The number of carboxylic acids is 2. The summed E-state index contributed by atoms with van der Waals surface area (Å²) in [6.07, 6.45) is 24.1. The first kappa shape index (κ1) is 153. The lowest BCUT2D eigenvalue weighted by Gasteiger charge is -2.32. The van der Waals surface area contributed by atoms with E-state index in [0.29, 0.717) is 32.6 Å². The fraction of sp³-hybridized carbons (Fsp3) is 0.747. The van der Waals surface area contributed by atoms with E-state index in [2.05, 4.69) is 132 Å². The SMILES string of the molecule is CC.CC.CC.CC.CC.CC.CC.CC.CC.CC.CC.CC.CC.CC.CC.CC.CC.CCC(=O)O.CCC(=O)O.CCC(=O)OC.CCC1=CCN(S(C)(=O)=O)CC1.CCC1=CCNCC1.CCN1CCN(S(C)(=O)=O)CC1.CCN1CCNCC1.c1ccc2c(c1)CCC2.c1ccc2c(c1)CCC2.c1ccc2c(c1)CCC2. The van der Waals surface area contributed by atoms with Crippen molar-refractivity contribution in [1.82, 2.24) is 29.0 Å². The van der Waals surface area contributed by atoms with Gasteiger partial charge in [-0.3, -0.25) is 14.4 Å². The van der Waals surface area contributed by atoms with Crippen LogP contribution in [0.4, 0.5) is 0 Å². The van der Waals surface area contributed by atoms with Crippen LogP contribution >= 0.6 is 0 Å². The average Bonchev–Trinajstić information content (AvgIpc) is 1.71. The van der Waals surface area contributed by atoms with E-state index < -0.39 is 32.0 Å². The third-order valence-corrected chi connectivity index (χ3v) is 17.4. The highest BCUT2D eigenvalue weighted by Gasteiger charge is 2.22. The molecule has 2 saturated heterocycles. The van der Waals surface area contributed by atoms with Crippen molar-refractivity contribution in [2.24, 2.45) is 0 Å². The van der Waals surface area contributed by atoms with Gasteiger partial charge in [-0.1, -0.05) is 380 Å². The van der Waals surface area contributed by atoms with Crippen molar-refractivity contribution in [3.05, 3.63) is 129 Å². The van der Waals surface area contributed by atoms with E-state index in [1.165, 1.54) is 139 Å². The van der Waals surface area contributed by atoms with Crippen molar-refractivity contribution in [3.8, 4) is 0 Å². The Morgan fingerprint density at radius 1 is 0.342 bits per heavy atom. The van der Waals surface area contributed by atoms with Gasteiger partial charge >= 0.3 is 17.9 Å². The molecule has 708 valence electrons. The molecule has 0 atom stereocenters. The summed E-state index contributed by atoms with van der Waals surface area (Å²) in [5.74, 6) is -1.65. The highest BCUT2D eigenvalue weighted by Crippen LogP contribution is 2.22. The summed E-state index contributed by atoms with van der Waals surface area (Å²) >= 11 is 0. The maximum Gasteiger partial charge on any atom is 0.305 e. The number of rotatable bonds is 9. The van der Waals surface area contributed by atoms with E-state index in [4.69, 9.17) is 10.2 Å². The Kier molecular flexibility index (Phi) is 180. The van der Waals surface area contributed by atoms with E-state index in [1.807, 2.05) is 241 Å². The Hall–Kier alpha value is -4.79. The number of nitrogens with zero attached hydrogens (tertiary/aromatic N) is 4. The molecular weight excluding hydrogens is 1500 g/mol. The lowest BCUT2D eigenvalue weighted by Crippen LogP contribution is -2.48. The topological polar surface area (TPSA) is 206 Å². The van der Waals surface area contributed by atoms with Gasteiger partial charge in [0.05, 0.1) is 19.6 Å². The number of benzene rings is 3. The van der Waals surface area contributed by atoms with Gasteiger partial charge in [0.15, 0.2) is 0 Å². The molecule has 0 aromatic heterocycles. The quantitative estimate of drug-likeness (QED) is 0.116. The Balaban J connectivity index is -0.0000000612. The minimum absolute atomic E-state index is 0.157. The third-order valence-electron chi connectivity index (χ3n) is 14.9. The molecule has 3 aromatic rings. The normalized spacial score (nSPS) is 13.0. The van der Waals surface area contributed by atoms with Crippen LogP contribution in [-0.2, 0) is 77.7 Å². The van der Waals surface area contributed by atoms with Gasteiger partial charge in [0, 0.05) is 91.3 Å². The molecule has 0 amide bonds. The number of likely N-dealkylation sites (N-methyl/N-ethyl adjacent to an activating group) is 2. The minimum atomic E-state index is -2.97. The van der Waals surface area contributed by atoms with Crippen molar-refractivity contribution in [2.45, 2.75) is 387 Å². The molecule has 10 rings (SSSR count). The number of hydrogen-bond donors (Lipinski definition) is 4. The highest BCUT2D eigenvalue weighted by molar-refractivity contribution is 7.88. The van der Waals surface area contributed by atoms with Crippen molar-refractivity contribution in [2.75, 3.05) is 111 Å². The predicted octanol–water partition coefficient (Wildman–Crippen LogP) is 27.3. The molecule has 7 aliphatic rings. The molecule has 18 heteroatoms. The van der Waals surface area contributed by atoms with Crippen LogP contribution in [0.3, 0.4) is 0 Å². The van der Waals surface area contributed by atoms with Crippen LogP contribution in [-0.4, -0.2) is 175 Å². The fourth-order valence-corrected chi connectivity index (χ4v) is 11.0. The fourth-order valence-electron chi connectivity index (χ4n) is 9.40. The van der Waals surface area contributed by atoms with Crippen LogP contribution in [0.2, 0.25) is 0 Å². The van der Waals surface area contributed by atoms with Crippen molar-refractivity contribution >= 4 is 38.0 Å². The van der Waals surface area contributed by atoms with Crippen LogP contribution in [0.5, 0.6) is 0 Å². The smallest absolute Gasteiger partial charge is 0.305 e. The number of esters is 1. The number of carboxylic acid groups (broad SMARTS) is 2. The molecule has 16 nitrogen and oxygen atoms in total.